The van der Waals surface area contributed by atoms with Gasteiger partial charge in [0.1, 0.15) is 28.7 Å². The number of ether oxygens (including phenoxy) is 1. The molecular weight excluding hydrogens is 447 g/mol. The number of nitrogens with one attached hydrogen (secondary N) is 2. The number of amides is 1. The van der Waals surface area contributed by atoms with E-state index in [1.165, 1.54) is 12.1 Å². The minimum Gasteiger partial charge on any atom is -0.505 e. The van der Waals surface area contributed by atoms with E-state index in [2.05, 4.69) is 20.3 Å². The molecule has 0 saturated heterocycles. The number of aromatic nitrogens is 3. The number of H-pyrrole nitrogens is 1. The molecule has 5 aromatic rings. The Labute approximate surface area is 200 Å². The van der Waals surface area contributed by atoms with Crippen LogP contribution in [0, 0.1) is 5.82 Å². The van der Waals surface area contributed by atoms with Crippen molar-refractivity contribution in [2.24, 2.45) is 0 Å². The molecule has 176 valence electrons. The van der Waals surface area contributed by atoms with Gasteiger partial charge in [0.25, 0.3) is 0 Å². The van der Waals surface area contributed by atoms with E-state index >= 15 is 0 Å². The van der Waals surface area contributed by atoms with Gasteiger partial charge in [-0.25, -0.2) is 9.37 Å². The number of phenols is 1. The number of hydrogen-bond donors (Lipinski definition) is 3. The molecule has 1 amide bonds. The third kappa shape index (κ3) is 4.63. The van der Waals surface area contributed by atoms with E-state index in [1.807, 2.05) is 48.5 Å². The smallest absolute Gasteiger partial charge is 0.221 e. The highest BCUT2D eigenvalue weighted by Crippen LogP contribution is 2.38. The number of carbonyl (C=O) groups excluding carboxylic acids is 1. The number of aromatic hydroxyl groups is 1. The number of aromatic amines is 1. The molecule has 0 aliphatic rings. The maximum atomic E-state index is 13.5. The van der Waals surface area contributed by atoms with Crippen molar-refractivity contribution in [1.29, 1.82) is 0 Å². The summed E-state index contributed by atoms with van der Waals surface area (Å²) < 4.78 is 18.7. The van der Waals surface area contributed by atoms with Crippen molar-refractivity contribution in [3.63, 3.8) is 0 Å². The second-order valence-corrected chi connectivity index (χ2v) is 8.23. The molecule has 0 radical (unpaired) electrons. The molecule has 0 spiro atoms. The highest BCUT2D eigenvalue weighted by atomic mass is 19.1. The molecular formula is C27H23FN4O3. The number of imidazole rings is 1. The fraction of sp³-hybridized carbons (Fsp3) is 0.148. The molecule has 1 unspecified atom stereocenters. The number of methoxy groups -OCH3 is 1. The lowest BCUT2D eigenvalue weighted by Crippen LogP contribution is -2.25. The molecule has 0 aliphatic heterocycles. The van der Waals surface area contributed by atoms with Gasteiger partial charge in [-0.1, -0.05) is 30.3 Å². The van der Waals surface area contributed by atoms with Crippen molar-refractivity contribution < 1.29 is 19.0 Å². The molecule has 7 nitrogen and oxygen atoms in total. The Morgan fingerprint density at radius 1 is 1.14 bits per heavy atom. The Balaban J connectivity index is 1.41. The van der Waals surface area contributed by atoms with E-state index < -0.39 is 5.92 Å². The SMILES string of the molecule is COc1ccc(C(CC(=O)NCc2nc3ccc(F)cc3[nH]2)c2ccc3cccnc3c2O)cc1. The van der Waals surface area contributed by atoms with Crippen LogP contribution in [0.3, 0.4) is 0 Å². The second kappa shape index (κ2) is 9.42. The monoisotopic (exact) mass is 470 g/mol. The Morgan fingerprint density at radius 3 is 2.77 bits per heavy atom. The van der Waals surface area contributed by atoms with Gasteiger partial charge in [-0.05, 0) is 42.0 Å². The fourth-order valence-electron chi connectivity index (χ4n) is 4.23. The summed E-state index contributed by atoms with van der Waals surface area (Å²) in [6.45, 7) is 0.162. The molecule has 1 atom stereocenters. The first kappa shape index (κ1) is 22.3. The summed E-state index contributed by atoms with van der Waals surface area (Å²) in [5, 5.41) is 14.7. The number of rotatable bonds is 7. The first-order chi connectivity index (χ1) is 17.0. The number of nitrogens with zero attached hydrogens (tertiary/aromatic N) is 2. The van der Waals surface area contributed by atoms with Crippen molar-refractivity contribution in [2.75, 3.05) is 7.11 Å². The topological polar surface area (TPSA) is 100 Å². The number of halogens is 1. The zero-order valence-electron chi connectivity index (χ0n) is 19.0. The standard InChI is InChI=1S/C27H23FN4O3/c1-35-19-8-4-16(5-9-19)21(20-10-6-17-3-2-12-29-26(17)27(20)34)14-25(33)30-15-24-31-22-11-7-18(28)13-23(22)32-24/h2-13,21,34H,14-15H2,1H3,(H,30,33)(H,31,32). The molecule has 2 aromatic heterocycles. The molecule has 3 N–H and O–H groups in total. The average Bonchev–Trinajstić information content (AvgIpc) is 3.29. The van der Waals surface area contributed by atoms with Gasteiger partial charge >= 0.3 is 0 Å². The average molecular weight is 471 g/mol. The summed E-state index contributed by atoms with van der Waals surface area (Å²) in [7, 11) is 1.59. The summed E-state index contributed by atoms with van der Waals surface area (Å²) in [6, 6.07) is 19.1. The van der Waals surface area contributed by atoms with Crippen molar-refractivity contribution in [1.82, 2.24) is 20.3 Å². The van der Waals surface area contributed by atoms with Gasteiger partial charge in [0.2, 0.25) is 5.91 Å². The van der Waals surface area contributed by atoms with Crippen LogP contribution < -0.4 is 10.1 Å². The van der Waals surface area contributed by atoms with Crippen LogP contribution in [-0.4, -0.2) is 33.1 Å². The van der Waals surface area contributed by atoms with Crippen molar-refractivity contribution in [3.8, 4) is 11.5 Å². The highest BCUT2D eigenvalue weighted by Gasteiger charge is 2.23. The number of hydrogen-bond acceptors (Lipinski definition) is 5. The lowest BCUT2D eigenvalue weighted by molar-refractivity contribution is -0.121. The Kier molecular flexibility index (Phi) is 6.01. The van der Waals surface area contributed by atoms with Crippen LogP contribution in [0.2, 0.25) is 0 Å². The second-order valence-electron chi connectivity index (χ2n) is 8.23. The molecule has 2 heterocycles. The maximum Gasteiger partial charge on any atom is 0.221 e. The quantitative estimate of drug-likeness (QED) is 0.317. The van der Waals surface area contributed by atoms with Gasteiger partial charge in [-0.2, -0.15) is 0 Å². The van der Waals surface area contributed by atoms with Crippen LogP contribution in [0.25, 0.3) is 21.9 Å². The molecule has 35 heavy (non-hydrogen) atoms. The van der Waals surface area contributed by atoms with Crippen LogP contribution >= 0.6 is 0 Å². The number of carbonyl (C=O) groups is 1. The van der Waals surface area contributed by atoms with Gasteiger partial charge in [0.15, 0.2) is 0 Å². The number of phenolic OH excluding ortho intramolecular Hbond substituents is 1. The molecule has 0 fully saturated rings. The molecule has 3 aromatic carbocycles. The Bertz CT molecular complexity index is 1510. The zero-order valence-corrected chi connectivity index (χ0v) is 19.0. The first-order valence-corrected chi connectivity index (χ1v) is 11.1. The minimum absolute atomic E-state index is 0.0519. The van der Waals surface area contributed by atoms with Crippen LogP contribution in [0.4, 0.5) is 4.39 Å². The van der Waals surface area contributed by atoms with E-state index in [-0.39, 0.29) is 30.4 Å². The molecule has 0 aliphatic carbocycles. The van der Waals surface area contributed by atoms with Gasteiger partial charge < -0.3 is 20.1 Å². The highest BCUT2D eigenvalue weighted by molar-refractivity contribution is 5.86. The largest absolute Gasteiger partial charge is 0.505 e. The first-order valence-electron chi connectivity index (χ1n) is 11.1. The molecule has 8 heteroatoms. The van der Waals surface area contributed by atoms with Gasteiger partial charge in [0, 0.05) is 29.5 Å². The summed E-state index contributed by atoms with van der Waals surface area (Å²) in [5.74, 6) is 0.273. The Morgan fingerprint density at radius 2 is 1.97 bits per heavy atom. The van der Waals surface area contributed by atoms with Crippen LogP contribution in [0.15, 0.2) is 72.9 Å². The summed E-state index contributed by atoms with van der Waals surface area (Å²) in [5.41, 5.74) is 3.14. The molecule has 0 bridgehead atoms. The lowest BCUT2D eigenvalue weighted by atomic mass is 9.87. The van der Waals surface area contributed by atoms with Gasteiger partial charge in [-0.15, -0.1) is 0 Å². The predicted molar refractivity (Wildman–Crippen MR) is 131 cm³/mol. The van der Waals surface area contributed by atoms with Gasteiger partial charge in [0.05, 0.1) is 24.7 Å². The number of benzene rings is 3. The number of pyridine rings is 1. The van der Waals surface area contributed by atoms with E-state index in [9.17, 15) is 14.3 Å². The Hall–Kier alpha value is -4.46. The minimum atomic E-state index is -0.419. The predicted octanol–water partition coefficient (Wildman–Crippen LogP) is 4.80. The van der Waals surface area contributed by atoms with E-state index in [4.69, 9.17) is 4.74 Å². The maximum absolute atomic E-state index is 13.5. The molecule has 0 saturated carbocycles. The molecule has 5 rings (SSSR count). The lowest BCUT2D eigenvalue weighted by Gasteiger charge is -2.20. The fourth-order valence-corrected chi connectivity index (χ4v) is 4.23. The van der Waals surface area contributed by atoms with E-state index in [1.54, 1.807) is 19.4 Å². The van der Waals surface area contributed by atoms with Crippen LogP contribution in [0.5, 0.6) is 11.5 Å². The van der Waals surface area contributed by atoms with Crippen molar-refractivity contribution >= 4 is 27.8 Å². The summed E-state index contributed by atoms with van der Waals surface area (Å²) in [6.07, 6.45) is 1.72. The third-order valence-corrected chi connectivity index (χ3v) is 6.01. The summed E-state index contributed by atoms with van der Waals surface area (Å²) in [4.78, 5) is 24.7. The van der Waals surface area contributed by atoms with E-state index in [0.29, 0.717) is 33.7 Å². The normalized spacial score (nSPS) is 12.1. The van der Waals surface area contributed by atoms with Crippen LogP contribution in [0.1, 0.15) is 29.3 Å². The van der Waals surface area contributed by atoms with Crippen LogP contribution in [-0.2, 0) is 11.3 Å². The van der Waals surface area contributed by atoms with Crippen molar-refractivity contribution in [3.05, 3.63) is 95.7 Å². The van der Waals surface area contributed by atoms with Crippen molar-refractivity contribution in [2.45, 2.75) is 18.9 Å². The summed E-state index contributed by atoms with van der Waals surface area (Å²) >= 11 is 0. The van der Waals surface area contributed by atoms with E-state index in [0.717, 1.165) is 10.9 Å². The number of fused-ring (bicyclic) bond motifs is 2. The van der Waals surface area contributed by atoms with Gasteiger partial charge in [-0.3, -0.25) is 9.78 Å². The third-order valence-electron chi connectivity index (χ3n) is 6.01. The zero-order chi connectivity index (χ0) is 24.4.